The number of furan rings is 1. The lowest BCUT2D eigenvalue weighted by Gasteiger charge is -2.26. The number of carbonyl (C=O) groups excluding carboxylic acids is 1. The highest BCUT2D eigenvalue weighted by atomic mass is 16.3. The second-order valence-corrected chi connectivity index (χ2v) is 6.85. The lowest BCUT2D eigenvalue weighted by atomic mass is 10.1. The summed E-state index contributed by atoms with van der Waals surface area (Å²) in [6, 6.07) is 4.04. The fraction of sp³-hybridized carbons (Fsp3) is 0.579. The van der Waals surface area contributed by atoms with Crippen LogP contribution in [0.1, 0.15) is 48.0 Å². The number of nitrogens with one attached hydrogen (secondary N) is 1. The van der Waals surface area contributed by atoms with E-state index in [4.69, 9.17) is 4.42 Å². The molecule has 0 radical (unpaired) electrons. The van der Waals surface area contributed by atoms with Gasteiger partial charge in [-0.1, -0.05) is 0 Å². The Kier molecular flexibility index (Phi) is 5.58. The topological polar surface area (TPSA) is 63.3 Å². The van der Waals surface area contributed by atoms with E-state index in [1.54, 1.807) is 6.26 Å². The molecule has 0 bridgehead atoms. The molecule has 25 heavy (non-hydrogen) atoms. The van der Waals surface area contributed by atoms with E-state index in [9.17, 15) is 4.79 Å². The van der Waals surface area contributed by atoms with Crippen LogP contribution in [0.3, 0.4) is 0 Å². The quantitative estimate of drug-likeness (QED) is 0.838. The Balaban J connectivity index is 1.54. The summed E-state index contributed by atoms with van der Waals surface area (Å²) >= 11 is 0. The summed E-state index contributed by atoms with van der Waals surface area (Å²) in [4.78, 5) is 14.7. The minimum Gasteiger partial charge on any atom is -0.468 e. The van der Waals surface area contributed by atoms with E-state index in [2.05, 4.69) is 15.3 Å². The molecule has 0 unspecified atom stereocenters. The lowest BCUT2D eigenvalue weighted by Crippen LogP contribution is -2.36. The first kappa shape index (κ1) is 17.7. The Morgan fingerprint density at radius 1 is 1.36 bits per heavy atom. The van der Waals surface area contributed by atoms with Gasteiger partial charge in [-0.25, -0.2) is 0 Å². The molecule has 1 fully saturated rings. The van der Waals surface area contributed by atoms with Crippen molar-refractivity contribution in [3.05, 3.63) is 41.1 Å². The van der Waals surface area contributed by atoms with Crippen molar-refractivity contribution in [1.29, 1.82) is 0 Å². The standard InChI is InChI=1S/C19H28N4O2/c1-14-16(15(2)22(3)21-14)8-9-19(24)20-13-17(18-7-6-12-25-18)23-10-4-5-11-23/h6-7,12,17H,4-5,8-11,13H2,1-3H3,(H,20,24)/t17-/m1/s1. The molecular weight excluding hydrogens is 316 g/mol. The number of aromatic nitrogens is 2. The van der Waals surface area contributed by atoms with Crippen LogP contribution in [0, 0.1) is 13.8 Å². The van der Waals surface area contributed by atoms with Gasteiger partial charge in [0.2, 0.25) is 5.91 Å². The number of nitrogens with zero attached hydrogens (tertiary/aromatic N) is 3. The second kappa shape index (κ2) is 7.87. The van der Waals surface area contributed by atoms with Crippen molar-refractivity contribution in [3.8, 4) is 0 Å². The SMILES string of the molecule is Cc1nn(C)c(C)c1CCC(=O)NC[C@H](c1ccco1)N1CCCC1. The Morgan fingerprint density at radius 3 is 2.72 bits per heavy atom. The summed E-state index contributed by atoms with van der Waals surface area (Å²) in [6.07, 6.45) is 5.34. The zero-order valence-electron chi connectivity index (χ0n) is 15.4. The third-order valence-corrected chi connectivity index (χ3v) is 5.21. The van der Waals surface area contributed by atoms with Crippen molar-refractivity contribution in [1.82, 2.24) is 20.0 Å². The second-order valence-electron chi connectivity index (χ2n) is 6.85. The van der Waals surface area contributed by atoms with E-state index in [0.29, 0.717) is 13.0 Å². The van der Waals surface area contributed by atoms with Gasteiger partial charge in [0.15, 0.2) is 0 Å². The van der Waals surface area contributed by atoms with Crippen molar-refractivity contribution in [3.63, 3.8) is 0 Å². The van der Waals surface area contributed by atoms with Crippen LogP contribution >= 0.6 is 0 Å². The number of likely N-dealkylation sites (tertiary alicyclic amines) is 1. The average Bonchev–Trinajstić information content (AvgIpc) is 3.32. The summed E-state index contributed by atoms with van der Waals surface area (Å²) in [7, 11) is 1.94. The first-order valence-electron chi connectivity index (χ1n) is 9.09. The van der Waals surface area contributed by atoms with Gasteiger partial charge in [0.1, 0.15) is 5.76 Å². The first-order valence-corrected chi connectivity index (χ1v) is 9.09. The van der Waals surface area contributed by atoms with Gasteiger partial charge in [0, 0.05) is 25.7 Å². The molecular formula is C19H28N4O2. The molecule has 2 aromatic rings. The van der Waals surface area contributed by atoms with Crippen molar-refractivity contribution in [2.24, 2.45) is 7.05 Å². The van der Waals surface area contributed by atoms with Gasteiger partial charge in [-0.2, -0.15) is 5.10 Å². The van der Waals surface area contributed by atoms with E-state index in [-0.39, 0.29) is 11.9 Å². The van der Waals surface area contributed by atoms with E-state index < -0.39 is 0 Å². The molecule has 1 N–H and O–H groups in total. The summed E-state index contributed by atoms with van der Waals surface area (Å²) in [5, 5.41) is 7.51. The third kappa shape index (κ3) is 4.12. The molecule has 6 nitrogen and oxygen atoms in total. The van der Waals surface area contributed by atoms with Gasteiger partial charge in [0.05, 0.1) is 18.0 Å². The van der Waals surface area contributed by atoms with E-state index in [0.717, 1.165) is 36.7 Å². The summed E-state index contributed by atoms with van der Waals surface area (Å²) in [5.74, 6) is 1.01. The van der Waals surface area contributed by atoms with E-state index in [1.165, 1.54) is 18.4 Å². The van der Waals surface area contributed by atoms with E-state index in [1.807, 2.05) is 37.7 Å². The Morgan fingerprint density at radius 2 is 2.12 bits per heavy atom. The summed E-state index contributed by atoms with van der Waals surface area (Å²) < 4.78 is 7.48. The van der Waals surface area contributed by atoms with Gasteiger partial charge in [-0.3, -0.25) is 14.4 Å². The molecule has 1 saturated heterocycles. The number of hydrogen-bond acceptors (Lipinski definition) is 4. The molecule has 0 aromatic carbocycles. The molecule has 136 valence electrons. The van der Waals surface area contributed by atoms with Gasteiger partial charge in [-0.05, 0) is 63.9 Å². The van der Waals surface area contributed by atoms with Crippen molar-refractivity contribution < 1.29 is 9.21 Å². The molecule has 1 atom stereocenters. The molecule has 3 heterocycles. The van der Waals surface area contributed by atoms with E-state index >= 15 is 0 Å². The average molecular weight is 344 g/mol. The number of carbonyl (C=O) groups is 1. The molecule has 6 heteroatoms. The fourth-order valence-corrected chi connectivity index (χ4v) is 3.66. The van der Waals surface area contributed by atoms with Gasteiger partial charge in [0.25, 0.3) is 0 Å². The highest BCUT2D eigenvalue weighted by Gasteiger charge is 2.25. The Bertz CT molecular complexity index is 699. The Labute approximate surface area is 149 Å². The smallest absolute Gasteiger partial charge is 0.220 e. The number of aryl methyl sites for hydroxylation is 2. The maximum absolute atomic E-state index is 12.3. The summed E-state index contributed by atoms with van der Waals surface area (Å²) in [5.41, 5.74) is 3.33. The molecule has 0 aliphatic carbocycles. The zero-order valence-corrected chi connectivity index (χ0v) is 15.4. The number of amides is 1. The van der Waals surface area contributed by atoms with Gasteiger partial charge < -0.3 is 9.73 Å². The predicted octanol–water partition coefficient (Wildman–Crippen LogP) is 2.52. The minimum absolute atomic E-state index is 0.0819. The minimum atomic E-state index is 0.0819. The van der Waals surface area contributed by atoms with Crippen LogP contribution in [0.15, 0.2) is 22.8 Å². The van der Waals surface area contributed by atoms with Crippen LogP contribution in [-0.4, -0.2) is 40.2 Å². The van der Waals surface area contributed by atoms with Crippen molar-refractivity contribution in [2.75, 3.05) is 19.6 Å². The van der Waals surface area contributed by atoms with Crippen molar-refractivity contribution >= 4 is 5.91 Å². The first-order chi connectivity index (χ1) is 12.1. The fourth-order valence-electron chi connectivity index (χ4n) is 3.66. The van der Waals surface area contributed by atoms with Crippen LogP contribution in [0.25, 0.3) is 0 Å². The highest BCUT2D eigenvalue weighted by Crippen LogP contribution is 2.25. The van der Waals surface area contributed by atoms with Crippen LogP contribution < -0.4 is 5.32 Å². The predicted molar refractivity (Wildman–Crippen MR) is 96.3 cm³/mol. The van der Waals surface area contributed by atoms with Crippen LogP contribution in [0.5, 0.6) is 0 Å². The Hall–Kier alpha value is -2.08. The maximum Gasteiger partial charge on any atom is 0.220 e. The van der Waals surface area contributed by atoms with Crippen molar-refractivity contribution in [2.45, 2.75) is 45.6 Å². The molecule has 1 aliphatic rings. The highest BCUT2D eigenvalue weighted by molar-refractivity contribution is 5.76. The summed E-state index contributed by atoms with van der Waals surface area (Å²) in [6.45, 7) is 6.77. The monoisotopic (exact) mass is 344 g/mol. The molecule has 1 amide bonds. The normalized spacial score (nSPS) is 16.3. The largest absolute Gasteiger partial charge is 0.468 e. The zero-order chi connectivity index (χ0) is 17.8. The molecule has 3 rings (SSSR count). The number of rotatable bonds is 7. The molecule has 2 aromatic heterocycles. The lowest BCUT2D eigenvalue weighted by molar-refractivity contribution is -0.121. The van der Waals surface area contributed by atoms with Crippen LogP contribution in [0.4, 0.5) is 0 Å². The molecule has 1 aliphatic heterocycles. The number of hydrogen-bond donors (Lipinski definition) is 1. The van der Waals surface area contributed by atoms with Gasteiger partial charge in [-0.15, -0.1) is 0 Å². The maximum atomic E-state index is 12.3. The van der Waals surface area contributed by atoms with Gasteiger partial charge >= 0.3 is 0 Å². The molecule has 0 spiro atoms. The third-order valence-electron chi connectivity index (χ3n) is 5.21. The molecule has 0 saturated carbocycles. The van der Waals surface area contributed by atoms with Crippen LogP contribution in [0.2, 0.25) is 0 Å². The van der Waals surface area contributed by atoms with Crippen LogP contribution in [-0.2, 0) is 18.3 Å².